The molecule has 8 heteroatoms. The zero-order valence-corrected chi connectivity index (χ0v) is 14.7. The fraction of sp³-hybridized carbons (Fsp3) is 0.188. The smallest absolute Gasteiger partial charge is 0.276 e. The van der Waals surface area contributed by atoms with Gasteiger partial charge in [-0.2, -0.15) is 13.5 Å². The summed E-state index contributed by atoms with van der Waals surface area (Å²) in [7, 11) is -3.78. The second kappa shape index (κ2) is 7.55. The molecule has 24 heavy (non-hydrogen) atoms. The lowest BCUT2D eigenvalue weighted by atomic mass is 10.2. The van der Waals surface area contributed by atoms with Crippen molar-refractivity contribution in [2.45, 2.75) is 24.8 Å². The maximum Gasteiger partial charge on any atom is 0.276 e. The summed E-state index contributed by atoms with van der Waals surface area (Å²) in [5.41, 5.74) is 0.543. The lowest BCUT2D eigenvalue weighted by Gasteiger charge is -2.10. The molecule has 0 aliphatic rings. The Morgan fingerprint density at radius 3 is 2.46 bits per heavy atom. The molecule has 6 nitrogen and oxygen atoms in total. The van der Waals surface area contributed by atoms with Gasteiger partial charge in [0.2, 0.25) is 0 Å². The third-order valence-electron chi connectivity index (χ3n) is 2.86. The molecule has 0 spiro atoms. The van der Waals surface area contributed by atoms with E-state index >= 15 is 0 Å². The van der Waals surface area contributed by atoms with Crippen molar-refractivity contribution in [1.29, 1.82) is 0 Å². The molecule has 0 fully saturated rings. The van der Waals surface area contributed by atoms with E-state index in [4.69, 9.17) is 16.3 Å². The van der Waals surface area contributed by atoms with E-state index < -0.39 is 10.0 Å². The summed E-state index contributed by atoms with van der Waals surface area (Å²) in [6.07, 6.45) is 1.30. The van der Waals surface area contributed by atoms with Crippen molar-refractivity contribution in [2.75, 3.05) is 0 Å². The summed E-state index contributed by atoms with van der Waals surface area (Å²) in [5.74, 6) is 0.532. The number of hydrogen-bond acceptors (Lipinski definition) is 5. The molecular formula is C16H17ClN2O4S. The molecule has 128 valence electrons. The van der Waals surface area contributed by atoms with E-state index in [0.717, 1.165) is 0 Å². The molecule has 2 aromatic carbocycles. The monoisotopic (exact) mass is 368 g/mol. The van der Waals surface area contributed by atoms with Crippen molar-refractivity contribution in [2.24, 2.45) is 5.10 Å². The van der Waals surface area contributed by atoms with Crippen LogP contribution in [0.2, 0.25) is 5.02 Å². The topological polar surface area (TPSA) is 88.0 Å². The molecule has 0 unspecified atom stereocenters. The summed E-state index contributed by atoms with van der Waals surface area (Å²) >= 11 is 5.77. The SMILES string of the molecule is CC(C)Oc1ccc(S(=O)(=O)N/N=C/c2ccc(O)c(Cl)c2)cc1. The van der Waals surface area contributed by atoms with Gasteiger partial charge in [-0.15, -0.1) is 0 Å². The molecule has 0 saturated heterocycles. The number of nitrogens with zero attached hydrogens (tertiary/aromatic N) is 1. The van der Waals surface area contributed by atoms with E-state index in [1.807, 2.05) is 13.8 Å². The predicted octanol–water partition coefficient (Wildman–Crippen LogP) is 3.15. The van der Waals surface area contributed by atoms with E-state index in [0.29, 0.717) is 11.3 Å². The average molecular weight is 369 g/mol. The van der Waals surface area contributed by atoms with Crippen LogP contribution in [0.3, 0.4) is 0 Å². The summed E-state index contributed by atoms with van der Waals surface area (Å²) in [6.45, 7) is 3.77. The van der Waals surface area contributed by atoms with Crippen molar-refractivity contribution < 1.29 is 18.3 Å². The highest BCUT2D eigenvalue weighted by atomic mass is 35.5. The number of nitrogens with one attached hydrogen (secondary N) is 1. The van der Waals surface area contributed by atoms with Crippen LogP contribution in [0.25, 0.3) is 0 Å². The van der Waals surface area contributed by atoms with E-state index in [2.05, 4.69) is 9.93 Å². The number of phenols is 1. The highest BCUT2D eigenvalue weighted by Crippen LogP contribution is 2.22. The van der Waals surface area contributed by atoms with Gasteiger partial charge in [0.1, 0.15) is 11.5 Å². The summed E-state index contributed by atoms with van der Waals surface area (Å²) < 4.78 is 29.8. The van der Waals surface area contributed by atoms with E-state index in [-0.39, 0.29) is 21.8 Å². The van der Waals surface area contributed by atoms with Crippen molar-refractivity contribution in [3.05, 3.63) is 53.1 Å². The Balaban J connectivity index is 2.07. The third kappa shape index (κ3) is 4.87. The zero-order valence-electron chi connectivity index (χ0n) is 13.1. The number of hydrazone groups is 1. The van der Waals surface area contributed by atoms with Crippen LogP contribution in [-0.2, 0) is 10.0 Å². The minimum Gasteiger partial charge on any atom is -0.506 e. The summed E-state index contributed by atoms with van der Waals surface area (Å²) in [5, 5.41) is 13.2. The van der Waals surface area contributed by atoms with E-state index in [1.165, 1.54) is 30.5 Å². The number of sulfonamides is 1. The van der Waals surface area contributed by atoms with Crippen LogP contribution in [-0.4, -0.2) is 25.8 Å². The lowest BCUT2D eigenvalue weighted by molar-refractivity contribution is 0.242. The molecule has 0 aromatic heterocycles. The van der Waals surface area contributed by atoms with Gasteiger partial charge in [0, 0.05) is 0 Å². The summed E-state index contributed by atoms with van der Waals surface area (Å²) in [6, 6.07) is 10.4. The second-order valence-electron chi connectivity index (χ2n) is 5.20. The molecule has 0 saturated carbocycles. The number of phenolic OH excluding ortho intramolecular Hbond substituents is 1. The maximum atomic E-state index is 12.1. The largest absolute Gasteiger partial charge is 0.506 e. The Morgan fingerprint density at radius 2 is 1.88 bits per heavy atom. The molecule has 0 amide bonds. The fourth-order valence-electron chi connectivity index (χ4n) is 1.80. The van der Waals surface area contributed by atoms with Crippen molar-refractivity contribution in [3.8, 4) is 11.5 Å². The number of benzene rings is 2. The number of hydrogen-bond donors (Lipinski definition) is 2. The molecule has 2 N–H and O–H groups in total. The third-order valence-corrected chi connectivity index (χ3v) is 4.41. The highest BCUT2D eigenvalue weighted by Gasteiger charge is 2.12. The van der Waals surface area contributed by atoms with Crippen LogP contribution in [0.15, 0.2) is 52.5 Å². The first kappa shape index (κ1) is 18.1. The molecule has 0 aliphatic heterocycles. The van der Waals surface area contributed by atoms with Gasteiger partial charge in [0.15, 0.2) is 0 Å². The van der Waals surface area contributed by atoms with Crippen LogP contribution in [0.1, 0.15) is 19.4 Å². The van der Waals surface area contributed by atoms with Gasteiger partial charge in [-0.25, -0.2) is 4.83 Å². The number of ether oxygens (including phenoxy) is 1. The normalized spacial score (nSPS) is 11.8. The van der Waals surface area contributed by atoms with Gasteiger partial charge in [-0.3, -0.25) is 0 Å². The number of rotatable bonds is 6. The quantitative estimate of drug-likeness (QED) is 0.605. The molecule has 0 heterocycles. The number of halogens is 1. The lowest BCUT2D eigenvalue weighted by Crippen LogP contribution is -2.18. The van der Waals surface area contributed by atoms with Crippen molar-refractivity contribution >= 4 is 27.8 Å². The molecule has 0 radical (unpaired) electrons. The van der Waals surface area contributed by atoms with E-state index in [1.54, 1.807) is 18.2 Å². The molecule has 2 aromatic rings. The van der Waals surface area contributed by atoms with Crippen LogP contribution in [0.5, 0.6) is 11.5 Å². The summed E-state index contributed by atoms with van der Waals surface area (Å²) in [4.78, 5) is 2.18. The van der Waals surface area contributed by atoms with Crippen molar-refractivity contribution in [1.82, 2.24) is 4.83 Å². The zero-order chi connectivity index (χ0) is 17.7. The van der Waals surface area contributed by atoms with E-state index in [9.17, 15) is 13.5 Å². The Bertz CT molecular complexity index is 834. The van der Waals surface area contributed by atoms with Crippen LogP contribution in [0.4, 0.5) is 0 Å². The van der Waals surface area contributed by atoms with Crippen LogP contribution < -0.4 is 9.57 Å². The highest BCUT2D eigenvalue weighted by molar-refractivity contribution is 7.89. The minimum atomic E-state index is -3.78. The van der Waals surface area contributed by atoms with Crippen molar-refractivity contribution in [3.63, 3.8) is 0 Å². The molecule has 0 bridgehead atoms. The second-order valence-corrected chi connectivity index (χ2v) is 7.27. The fourth-order valence-corrected chi connectivity index (χ4v) is 2.78. The molecule has 0 aliphatic carbocycles. The molecule has 2 rings (SSSR count). The van der Waals surface area contributed by atoms with Crippen LogP contribution >= 0.6 is 11.6 Å². The van der Waals surface area contributed by atoms with Gasteiger partial charge >= 0.3 is 0 Å². The predicted molar refractivity (Wildman–Crippen MR) is 93.2 cm³/mol. The Labute approximate surface area is 145 Å². The van der Waals surface area contributed by atoms with Gasteiger partial charge in [-0.1, -0.05) is 11.6 Å². The van der Waals surface area contributed by atoms with Gasteiger partial charge < -0.3 is 9.84 Å². The first-order valence-electron chi connectivity index (χ1n) is 7.08. The van der Waals surface area contributed by atoms with Gasteiger partial charge in [0.05, 0.1) is 22.2 Å². The Hall–Kier alpha value is -2.25. The first-order valence-corrected chi connectivity index (χ1v) is 8.94. The Morgan fingerprint density at radius 1 is 1.21 bits per heavy atom. The standard InChI is InChI=1S/C16H17ClN2O4S/c1-11(2)23-13-4-6-14(7-5-13)24(21,22)19-18-10-12-3-8-16(20)15(17)9-12/h3-11,19-20H,1-2H3/b18-10+. The minimum absolute atomic E-state index is 0.00677. The Kier molecular flexibility index (Phi) is 5.69. The molecular weight excluding hydrogens is 352 g/mol. The maximum absolute atomic E-state index is 12.1. The average Bonchev–Trinajstić information content (AvgIpc) is 2.50. The van der Waals surface area contributed by atoms with Gasteiger partial charge in [0.25, 0.3) is 10.0 Å². The van der Waals surface area contributed by atoms with Gasteiger partial charge in [-0.05, 0) is 61.9 Å². The van der Waals surface area contributed by atoms with Crippen LogP contribution in [0, 0.1) is 0 Å². The number of aromatic hydroxyl groups is 1. The molecule has 0 atom stereocenters. The first-order chi connectivity index (χ1) is 11.3.